The topological polar surface area (TPSA) is 12.0 Å². The molecule has 0 amide bonds. The van der Waals surface area contributed by atoms with Gasteiger partial charge in [0.25, 0.3) is 0 Å². The Balaban J connectivity index is 2.25. The first-order chi connectivity index (χ1) is 8.72. The Labute approximate surface area is 114 Å². The van der Waals surface area contributed by atoms with Crippen LogP contribution >= 0.6 is 11.3 Å². The molecule has 0 unspecified atom stereocenters. The SMILES string of the molecule is CCCNCc1ccc(C)c(-c2sccc2C)c1. The van der Waals surface area contributed by atoms with Crippen LogP contribution in [0.3, 0.4) is 0 Å². The third-order valence-electron chi connectivity index (χ3n) is 3.16. The van der Waals surface area contributed by atoms with Gasteiger partial charge in [-0.1, -0.05) is 19.1 Å². The molecule has 1 aromatic carbocycles. The van der Waals surface area contributed by atoms with E-state index < -0.39 is 0 Å². The van der Waals surface area contributed by atoms with Gasteiger partial charge in [0.05, 0.1) is 0 Å². The summed E-state index contributed by atoms with van der Waals surface area (Å²) in [5.74, 6) is 0. The highest BCUT2D eigenvalue weighted by atomic mass is 32.1. The summed E-state index contributed by atoms with van der Waals surface area (Å²) < 4.78 is 0. The smallest absolute Gasteiger partial charge is 0.0374 e. The predicted octanol–water partition coefficient (Wildman–Crippen LogP) is 4.53. The van der Waals surface area contributed by atoms with E-state index in [1.165, 1.54) is 33.6 Å². The van der Waals surface area contributed by atoms with Crippen LogP contribution in [0.25, 0.3) is 10.4 Å². The minimum absolute atomic E-state index is 0.964. The van der Waals surface area contributed by atoms with E-state index in [1.54, 1.807) is 0 Å². The molecule has 0 spiro atoms. The molecule has 1 aromatic heterocycles. The van der Waals surface area contributed by atoms with Crippen LogP contribution in [0.2, 0.25) is 0 Å². The van der Waals surface area contributed by atoms with Gasteiger partial charge in [-0.3, -0.25) is 0 Å². The molecule has 0 saturated carbocycles. The number of aryl methyl sites for hydroxylation is 2. The Bertz CT molecular complexity index is 514. The zero-order valence-electron chi connectivity index (χ0n) is 11.4. The molecule has 0 aliphatic heterocycles. The van der Waals surface area contributed by atoms with Crippen molar-refractivity contribution in [1.29, 1.82) is 0 Å². The Hall–Kier alpha value is -1.12. The molecule has 1 N–H and O–H groups in total. The first kappa shape index (κ1) is 13.3. The van der Waals surface area contributed by atoms with Crippen molar-refractivity contribution in [3.05, 3.63) is 46.3 Å². The van der Waals surface area contributed by atoms with Gasteiger partial charge in [-0.15, -0.1) is 11.3 Å². The fourth-order valence-corrected chi connectivity index (χ4v) is 3.09. The van der Waals surface area contributed by atoms with Crippen molar-refractivity contribution in [2.24, 2.45) is 0 Å². The Morgan fingerprint density at radius 3 is 2.61 bits per heavy atom. The summed E-state index contributed by atoms with van der Waals surface area (Å²) in [4.78, 5) is 1.41. The molecule has 0 radical (unpaired) electrons. The monoisotopic (exact) mass is 259 g/mol. The lowest BCUT2D eigenvalue weighted by Gasteiger charge is -2.09. The number of thiophene rings is 1. The van der Waals surface area contributed by atoms with Gasteiger partial charge >= 0.3 is 0 Å². The summed E-state index contributed by atoms with van der Waals surface area (Å²) in [7, 11) is 0. The van der Waals surface area contributed by atoms with Crippen LogP contribution < -0.4 is 5.32 Å². The summed E-state index contributed by atoms with van der Waals surface area (Å²) in [6.45, 7) is 8.63. The zero-order valence-corrected chi connectivity index (χ0v) is 12.2. The fourth-order valence-electron chi connectivity index (χ4n) is 2.08. The van der Waals surface area contributed by atoms with Gasteiger partial charge in [-0.2, -0.15) is 0 Å². The van der Waals surface area contributed by atoms with Crippen LogP contribution in [-0.2, 0) is 6.54 Å². The standard InChI is InChI=1S/C16H21NS/c1-4-8-17-11-14-6-5-12(2)15(10-14)16-13(3)7-9-18-16/h5-7,9-10,17H,4,8,11H2,1-3H3. The third-order valence-corrected chi connectivity index (χ3v) is 4.21. The molecule has 2 heteroatoms. The second kappa shape index (κ2) is 6.17. The quantitative estimate of drug-likeness (QED) is 0.778. The molecule has 1 nitrogen and oxygen atoms in total. The third kappa shape index (κ3) is 3.01. The largest absolute Gasteiger partial charge is 0.313 e. The van der Waals surface area contributed by atoms with E-state index in [9.17, 15) is 0 Å². The first-order valence-electron chi connectivity index (χ1n) is 6.57. The van der Waals surface area contributed by atoms with E-state index in [0.29, 0.717) is 0 Å². The van der Waals surface area contributed by atoms with Gasteiger partial charge in [0.2, 0.25) is 0 Å². The normalized spacial score (nSPS) is 10.8. The van der Waals surface area contributed by atoms with Gasteiger partial charge in [0.1, 0.15) is 0 Å². The average Bonchev–Trinajstić information content (AvgIpc) is 2.78. The minimum Gasteiger partial charge on any atom is -0.313 e. The Morgan fingerprint density at radius 1 is 1.11 bits per heavy atom. The Morgan fingerprint density at radius 2 is 1.94 bits per heavy atom. The Kier molecular flexibility index (Phi) is 4.56. The van der Waals surface area contributed by atoms with Gasteiger partial charge < -0.3 is 5.32 Å². The van der Waals surface area contributed by atoms with Gasteiger partial charge in [-0.25, -0.2) is 0 Å². The molecule has 0 bridgehead atoms. The van der Waals surface area contributed by atoms with E-state index in [2.05, 4.69) is 55.7 Å². The van der Waals surface area contributed by atoms with E-state index in [-0.39, 0.29) is 0 Å². The summed E-state index contributed by atoms with van der Waals surface area (Å²) in [5, 5.41) is 5.63. The number of hydrogen-bond acceptors (Lipinski definition) is 2. The maximum absolute atomic E-state index is 3.46. The molecule has 2 aromatic rings. The summed E-state index contributed by atoms with van der Waals surface area (Å²) >= 11 is 1.83. The number of hydrogen-bond donors (Lipinski definition) is 1. The maximum Gasteiger partial charge on any atom is 0.0374 e. The molecule has 0 saturated heterocycles. The minimum atomic E-state index is 0.964. The highest BCUT2D eigenvalue weighted by Gasteiger charge is 2.07. The molecule has 96 valence electrons. The van der Waals surface area contributed by atoms with Gasteiger partial charge in [0, 0.05) is 11.4 Å². The van der Waals surface area contributed by atoms with Crippen LogP contribution in [0.4, 0.5) is 0 Å². The second-order valence-corrected chi connectivity index (χ2v) is 5.67. The fraction of sp³-hybridized carbons (Fsp3) is 0.375. The van der Waals surface area contributed by atoms with Gasteiger partial charge in [0.15, 0.2) is 0 Å². The van der Waals surface area contributed by atoms with Gasteiger partial charge in [-0.05, 0) is 66.6 Å². The molecular weight excluding hydrogens is 238 g/mol. The summed E-state index contributed by atoms with van der Waals surface area (Å²) in [6.07, 6.45) is 1.18. The number of benzene rings is 1. The molecule has 0 fully saturated rings. The van der Waals surface area contributed by atoms with Crippen LogP contribution in [-0.4, -0.2) is 6.54 Å². The van der Waals surface area contributed by atoms with Crippen molar-refractivity contribution in [3.63, 3.8) is 0 Å². The summed E-state index contributed by atoms with van der Waals surface area (Å²) in [6, 6.07) is 8.99. The van der Waals surface area contributed by atoms with E-state index in [1.807, 2.05) is 11.3 Å². The first-order valence-corrected chi connectivity index (χ1v) is 7.45. The molecule has 0 aliphatic carbocycles. The van der Waals surface area contributed by atoms with Crippen LogP contribution in [0.5, 0.6) is 0 Å². The summed E-state index contributed by atoms with van der Waals surface area (Å²) in [5.41, 5.74) is 5.50. The van der Waals surface area contributed by atoms with Crippen molar-refractivity contribution in [2.75, 3.05) is 6.54 Å². The van der Waals surface area contributed by atoms with Crippen molar-refractivity contribution in [2.45, 2.75) is 33.7 Å². The lowest BCUT2D eigenvalue weighted by molar-refractivity contribution is 0.675. The zero-order chi connectivity index (χ0) is 13.0. The predicted molar refractivity (Wildman–Crippen MR) is 81.2 cm³/mol. The highest BCUT2D eigenvalue weighted by molar-refractivity contribution is 7.13. The highest BCUT2D eigenvalue weighted by Crippen LogP contribution is 2.32. The van der Waals surface area contributed by atoms with Crippen molar-refractivity contribution in [3.8, 4) is 10.4 Å². The number of nitrogens with one attached hydrogen (secondary N) is 1. The van der Waals surface area contributed by atoms with Crippen molar-refractivity contribution in [1.82, 2.24) is 5.32 Å². The van der Waals surface area contributed by atoms with E-state index in [0.717, 1.165) is 13.1 Å². The van der Waals surface area contributed by atoms with E-state index >= 15 is 0 Å². The number of rotatable bonds is 5. The molecule has 1 heterocycles. The van der Waals surface area contributed by atoms with Crippen LogP contribution in [0, 0.1) is 13.8 Å². The molecule has 18 heavy (non-hydrogen) atoms. The van der Waals surface area contributed by atoms with Crippen LogP contribution in [0.1, 0.15) is 30.0 Å². The average molecular weight is 259 g/mol. The molecule has 0 aliphatic rings. The lowest BCUT2D eigenvalue weighted by atomic mass is 10.0. The van der Waals surface area contributed by atoms with Crippen LogP contribution in [0.15, 0.2) is 29.6 Å². The maximum atomic E-state index is 3.46. The van der Waals surface area contributed by atoms with E-state index in [4.69, 9.17) is 0 Å². The molecular formula is C16H21NS. The lowest BCUT2D eigenvalue weighted by Crippen LogP contribution is -2.13. The van der Waals surface area contributed by atoms with Crippen molar-refractivity contribution < 1.29 is 0 Å². The second-order valence-electron chi connectivity index (χ2n) is 4.76. The molecule has 0 atom stereocenters. The van der Waals surface area contributed by atoms with Crippen molar-refractivity contribution >= 4 is 11.3 Å². The molecule has 2 rings (SSSR count).